The van der Waals surface area contributed by atoms with Crippen LogP contribution in [-0.4, -0.2) is 44.4 Å². The lowest BCUT2D eigenvalue weighted by Crippen LogP contribution is -2.40. The van der Waals surface area contributed by atoms with E-state index >= 15 is 0 Å². The summed E-state index contributed by atoms with van der Waals surface area (Å²) >= 11 is 0. The van der Waals surface area contributed by atoms with Crippen LogP contribution in [0.15, 0.2) is 39.5 Å². The molecular formula is C18H19N5O3. The van der Waals surface area contributed by atoms with Crippen molar-refractivity contribution in [3.8, 4) is 11.4 Å². The fourth-order valence-electron chi connectivity index (χ4n) is 3.18. The first-order valence-electron chi connectivity index (χ1n) is 8.65. The topological polar surface area (TPSA) is 98.2 Å². The lowest BCUT2D eigenvalue weighted by molar-refractivity contribution is -0.131. The zero-order chi connectivity index (χ0) is 17.9. The second kappa shape index (κ2) is 7.07. The third-order valence-corrected chi connectivity index (χ3v) is 4.66. The number of hydrogen-bond donors (Lipinski definition) is 0. The molecule has 1 fully saturated rings. The Kier molecular flexibility index (Phi) is 4.47. The maximum atomic E-state index is 12.6. The number of benzene rings is 1. The quantitative estimate of drug-likeness (QED) is 0.710. The zero-order valence-corrected chi connectivity index (χ0v) is 14.5. The number of hydrogen-bond acceptors (Lipinski definition) is 7. The molecule has 1 aliphatic heterocycles. The Labute approximate surface area is 150 Å². The number of aryl methyl sites for hydroxylation is 1. The highest BCUT2D eigenvalue weighted by Crippen LogP contribution is 2.28. The molecule has 0 radical (unpaired) electrons. The number of aromatic nitrogens is 4. The Balaban J connectivity index is 1.44. The molecule has 0 aliphatic carbocycles. The summed E-state index contributed by atoms with van der Waals surface area (Å²) in [6, 6.07) is 9.71. The van der Waals surface area contributed by atoms with Crippen LogP contribution >= 0.6 is 0 Å². The van der Waals surface area contributed by atoms with Gasteiger partial charge < -0.3 is 9.42 Å². The van der Waals surface area contributed by atoms with Gasteiger partial charge in [0, 0.05) is 18.7 Å². The van der Waals surface area contributed by atoms with Crippen molar-refractivity contribution in [2.24, 2.45) is 0 Å². The number of carbonyl (C=O) groups is 1. The van der Waals surface area contributed by atoms with Gasteiger partial charge in [-0.1, -0.05) is 45.8 Å². The maximum absolute atomic E-state index is 12.6. The predicted octanol–water partition coefficient (Wildman–Crippen LogP) is 2.38. The van der Waals surface area contributed by atoms with Crippen molar-refractivity contribution in [3.05, 3.63) is 47.6 Å². The van der Waals surface area contributed by atoms with Gasteiger partial charge in [-0.15, -0.1) is 0 Å². The van der Waals surface area contributed by atoms with Crippen LogP contribution in [0, 0.1) is 6.92 Å². The smallest absolute Gasteiger partial charge is 0.231 e. The average molecular weight is 353 g/mol. The molecule has 1 atom stereocenters. The van der Waals surface area contributed by atoms with Crippen molar-refractivity contribution in [1.82, 2.24) is 25.4 Å². The number of rotatable bonds is 4. The van der Waals surface area contributed by atoms with Crippen LogP contribution < -0.4 is 0 Å². The molecule has 3 heterocycles. The molecule has 0 bridgehead atoms. The van der Waals surface area contributed by atoms with Gasteiger partial charge in [-0.3, -0.25) is 4.79 Å². The summed E-state index contributed by atoms with van der Waals surface area (Å²) in [4.78, 5) is 18.9. The van der Waals surface area contributed by atoms with E-state index in [9.17, 15) is 4.79 Å². The third kappa shape index (κ3) is 3.35. The van der Waals surface area contributed by atoms with E-state index in [1.807, 2.05) is 35.2 Å². The van der Waals surface area contributed by atoms with Crippen LogP contribution in [0.25, 0.3) is 11.4 Å². The summed E-state index contributed by atoms with van der Waals surface area (Å²) in [7, 11) is 0. The van der Waals surface area contributed by atoms with Gasteiger partial charge in [-0.05, 0) is 19.8 Å². The molecule has 0 N–H and O–H groups in total. The summed E-state index contributed by atoms with van der Waals surface area (Å²) in [5.41, 5.74) is 2.15. The van der Waals surface area contributed by atoms with Crippen LogP contribution in [0.2, 0.25) is 0 Å². The molecule has 2 aromatic heterocycles. The highest BCUT2D eigenvalue weighted by Gasteiger charge is 2.29. The number of carbonyl (C=O) groups excluding carboxylic acids is 1. The largest absolute Gasteiger partial charge is 0.342 e. The number of piperidine rings is 1. The second-order valence-electron chi connectivity index (χ2n) is 6.47. The van der Waals surface area contributed by atoms with E-state index in [4.69, 9.17) is 4.52 Å². The Morgan fingerprint density at radius 1 is 1.23 bits per heavy atom. The second-order valence-corrected chi connectivity index (χ2v) is 6.47. The van der Waals surface area contributed by atoms with E-state index in [-0.39, 0.29) is 18.2 Å². The van der Waals surface area contributed by atoms with E-state index in [0.29, 0.717) is 29.6 Å². The van der Waals surface area contributed by atoms with Gasteiger partial charge in [0.25, 0.3) is 0 Å². The van der Waals surface area contributed by atoms with Crippen molar-refractivity contribution < 1.29 is 13.9 Å². The standard InChI is InChI=1S/C18H19N5O3/c1-12-15(21-26-20-12)10-16(24)23-9-5-8-14(11-23)18-19-17(22-25-18)13-6-3-2-4-7-13/h2-4,6-7,14H,5,8-11H2,1H3/t14-/m0/s1. The fraction of sp³-hybridized carbons (Fsp3) is 0.389. The Bertz CT molecular complexity index is 889. The van der Waals surface area contributed by atoms with Gasteiger partial charge >= 0.3 is 0 Å². The Hall–Kier alpha value is -3.03. The van der Waals surface area contributed by atoms with Crippen molar-refractivity contribution in [2.75, 3.05) is 13.1 Å². The molecule has 134 valence electrons. The normalized spacial score (nSPS) is 17.4. The predicted molar refractivity (Wildman–Crippen MR) is 91.0 cm³/mol. The number of likely N-dealkylation sites (tertiary alicyclic amines) is 1. The molecule has 4 rings (SSSR count). The minimum atomic E-state index is 0.0105. The first kappa shape index (κ1) is 16.4. The van der Waals surface area contributed by atoms with Gasteiger partial charge in [-0.25, -0.2) is 4.63 Å². The molecule has 0 spiro atoms. The molecule has 26 heavy (non-hydrogen) atoms. The molecule has 1 aromatic carbocycles. The van der Waals surface area contributed by atoms with Gasteiger partial charge in [0.1, 0.15) is 11.4 Å². The summed E-state index contributed by atoms with van der Waals surface area (Å²) < 4.78 is 10.1. The summed E-state index contributed by atoms with van der Waals surface area (Å²) in [6.45, 7) is 3.07. The molecule has 1 saturated heterocycles. The molecule has 1 aliphatic rings. The highest BCUT2D eigenvalue weighted by molar-refractivity contribution is 5.78. The number of nitrogens with zero attached hydrogens (tertiary/aromatic N) is 5. The SMILES string of the molecule is Cc1nonc1CC(=O)N1CCC[C@H](c2nc(-c3ccccc3)no2)C1. The molecule has 3 aromatic rings. The van der Waals surface area contributed by atoms with Gasteiger partial charge in [0.2, 0.25) is 17.6 Å². The van der Waals surface area contributed by atoms with Crippen LogP contribution in [0.3, 0.4) is 0 Å². The highest BCUT2D eigenvalue weighted by atomic mass is 16.6. The van der Waals surface area contributed by atoms with Crippen molar-refractivity contribution in [3.63, 3.8) is 0 Å². The third-order valence-electron chi connectivity index (χ3n) is 4.66. The van der Waals surface area contributed by atoms with Crippen LogP contribution in [0.4, 0.5) is 0 Å². The molecule has 0 unspecified atom stereocenters. The summed E-state index contributed by atoms with van der Waals surface area (Å²) in [5.74, 6) is 1.22. The Morgan fingerprint density at radius 2 is 2.08 bits per heavy atom. The molecule has 8 heteroatoms. The van der Waals surface area contributed by atoms with Crippen LogP contribution in [-0.2, 0) is 11.2 Å². The maximum Gasteiger partial charge on any atom is 0.231 e. The lowest BCUT2D eigenvalue weighted by atomic mass is 9.97. The fourth-order valence-corrected chi connectivity index (χ4v) is 3.18. The van der Waals surface area contributed by atoms with Crippen molar-refractivity contribution >= 4 is 5.91 Å². The van der Waals surface area contributed by atoms with Crippen LogP contribution in [0.5, 0.6) is 0 Å². The Morgan fingerprint density at radius 3 is 2.85 bits per heavy atom. The zero-order valence-electron chi connectivity index (χ0n) is 14.5. The minimum absolute atomic E-state index is 0.0105. The number of amides is 1. The van der Waals surface area contributed by atoms with Crippen LogP contribution in [0.1, 0.15) is 36.0 Å². The van der Waals surface area contributed by atoms with E-state index < -0.39 is 0 Å². The minimum Gasteiger partial charge on any atom is -0.342 e. The summed E-state index contributed by atoms with van der Waals surface area (Å²) in [5, 5.41) is 11.6. The molecule has 1 amide bonds. The molecule has 8 nitrogen and oxygen atoms in total. The van der Waals surface area contributed by atoms with Gasteiger partial charge in [0.15, 0.2) is 0 Å². The lowest BCUT2D eigenvalue weighted by Gasteiger charge is -2.30. The molecular weight excluding hydrogens is 334 g/mol. The van der Waals surface area contributed by atoms with Crippen molar-refractivity contribution in [2.45, 2.75) is 32.1 Å². The van der Waals surface area contributed by atoms with E-state index in [1.165, 1.54) is 0 Å². The monoisotopic (exact) mass is 353 g/mol. The molecule has 0 saturated carbocycles. The van der Waals surface area contributed by atoms with E-state index in [0.717, 1.165) is 24.9 Å². The average Bonchev–Trinajstić information content (AvgIpc) is 3.32. The van der Waals surface area contributed by atoms with Gasteiger partial charge in [0.05, 0.1) is 12.3 Å². The first-order chi connectivity index (χ1) is 12.7. The van der Waals surface area contributed by atoms with Gasteiger partial charge in [-0.2, -0.15) is 4.98 Å². The summed E-state index contributed by atoms with van der Waals surface area (Å²) in [6.07, 6.45) is 2.02. The van der Waals surface area contributed by atoms with E-state index in [2.05, 4.69) is 25.1 Å². The van der Waals surface area contributed by atoms with E-state index in [1.54, 1.807) is 6.92 Å². The van der Waals surface area contributed by atoms with Crippen molar-refractivity contribution in [1.29, 1.82) is 0 Å². The first-order valence-corrected chi connectivity index (χ1v) is 8.65.